The first-order chi connectivity index (χ1) is 7.50. The fourth-order valence-electron chi connectivity index (χ4n) is 1.37. The van der Waals surface area contributed by atoms with Crippen molar-refractivity contribution in [2.24, 2.45) is 5.73 Å². The normalized spacial score (nSPS) is 12.4. The van der Waals surface area contributed by atoms with E-state index in [0.29, 0.717) is 6.54 Å². The minimum absolute atomic E-state index is 0.168. The molecular weight excluding hydrogens is 214 g/mol. The summed E-state index contributed by atoms with van der Waals surface area (Å²) in [4.78, 5) is 10.5. The van der Waals surface area contributed by atoms with Crippen molar-refractivity contribution in [1.29, 1.82) is 0 Å². The molecular formula is C11H14F2N2O. The molecule has 0 bridgehead atoms. The van der Waals surface area contributed by atoms with E-state index in [4.69, 9.17) is 5.73 Å². The Balaban J connectivity index is 2.61. The Kier molecular flexibility index (Phi) is 4.37. The van der Waals surface area contributed by atoms with Crippen LogP contribution >= 0.6 is 0 Å². The average molecular weight is 228 g/mol. The predicted octanol–water partition coefficient (Wildman–Crippen LogP) is 1.49. The first-order valence-corrected chi connectivity index (χ1v) is 4.97. The molecule has 3 nitrogen and oxygen atoms in total. The van der Waals surface area contributed by atoms with Gasteiger partial charge in [-0.25, -0.2) is 8.78 Å². The number of benzene rings is 1. The number of nitrogens with two attached hydrogens (primary N) is 1. The zero-order chi connectivity index (χ0) is 12.1. The van der Waals surface area contributed by atoms with E-state index >= 15 is 0 Å². The van der Waals surface area contributed by atoms with Crippen LogP contribution in [0.1, 0.15) is 24.9 Å². The Morgan fingerprint density at radius 1 is 1.50 bits per heavy atom. The van der Waals surface area contributed by atoms with Crippen LogP contribution in [0.2, 0.25) is 0 Å². The summed E-state index contributed by atoms with van der Waals surface area (Å²) in [7, 11) is 0. The highest BCUT2D eigenvalue weighted by molar-refractivity contribution is 5.73. The minimum Gasteiger partial charge on any atom is -0.370 e. The highest BCUT2D eigenvalue weighted by Gasteiger charge is 2.11. The van der Waals surface area contributed by atoms with Crippen LogP contribution in [0.15, 0.2) is 18.2 Å². The maximum absolute atomic E-state index is 13.3. The van der Waals surface area contributed by atoms with Crippen LogP contribution in [-0.2, 0) is 4.79 Å². The van der Waals surface area contributed by atoms with Crippen LogP contribution < -0.4 is 11.1 Å². The molecule has 1 atom stereocenters. The maximum atomic E-state index is 13.3. The molecule has 0 heterocycles. The van der Waals surface area contributed by atoms with Crippen molar-refractivity contribution in [2.75, 3.05) is 6.54 Å². The number of primary amides is 1. The lowest BCUT2D eigenvalue weighted by Crippen LogP contribution is -2.25. The Hall–Kier alpha value is -1.49. The van der Waals surface area contributed by atoms with Crippen LogP contribution in [0.3, 0.4) is 0 Å². The molecule has 0 aromatic heterocycles. The summed E-state index contributed by atoms with van der Waals surface area (Å²) in [5, 5.41) is 2.89. The number of rotatable bonds is 5. The quantitative estimate of drug-likeness (QED) is 0.802. The highest BCUT2D eigenvalue weighted by atomic mass is 19.1. The average Bonchev–Trinajstić information content (AvgIpc) is 2.21. The third kappa shape index (κ3) is 3.58. The van der Waals surface area contributed by atoms with E-state index in [1.165, 1.54) is 0 Å². The summed E-state index contributed by atoms with van der Waals surface area (Å²) < 4.78 is 26.2. The van der Waals surface area contributed by atoms with E-state index in [1.807, 2.05) is 0 Å². The first kappa shape index (κ1) is 12.6. The van der Waals surface area contributed by atoms with Crippen molar-refractivity contribution >= 4 is 5.91 Å². The Labute approximate surface area is 92.6 Å². The molecule has 0 fully saturated rings. The van der Waals surface area contributed by atoms with E-state index in [9.17, 15) is 13.6 Å². The molecule has 0 aliphatic rings. The number of hydrogen-bond donors (Lipinski definition) is 2. The Morgan fingerprint density at radius 3 is 2.81 bits per heavy atom. The van der Waals surface area contributed by atoms with Gasteiger partial charge < -0.3 is 11.1 Å². The molecule has 0 spiro atoms. The third-order valence-electron chi connectivity index (χ3n) is 2.25. The zero-order valence-electron chi connectivity index (χ0n) is 8.97. The van der Waals surface area contributed by atoms with Gasteiger partial charge in [0.25, 0.3) is 0 Å². The van der Waals surface area contributed by atoms with Gasteiger partial charge in [0.15, 0.2) is 0 Å². The largest absolute Gasteiger partial charge is 0.370 e. The number of nitrogens with one attached hydrogen (secondary N) is 1. The molecule has 0 aliphatic heterocycles. The molecule has 5 heteroatoms. The summed E-state index contributed by atoms with van der Waals surface area (Å²) in [6, 6.07) is 2.92. The predicted molar refractivity (Wildman–Crippen MR) is 56.6 cm³/mol. The van der Waals surface area contributed by atoms with Crippen molar-refractivity contribution in [3.63, 3.8) is 0 Å². The smallest absolute Gasteiger partial charge is 0.218 e. The lowest BCUT2D eigenvalue weighted by Gasteiger charge is -2.14. The fraction of sp³-hybridized carbons (Fsp3) is 0.364. The first-order valence-electron chi connectivity index (χ1n) is 4.97. The van der Waals surface area contributed by atoms with Gasteiger partial charge in [0.2, 0.25) is 5.91 Å². The van der Waals surface area contributed by atoms with Crippen molar-refractivity contribution in [3.05, 3.63) is 35.4 Å². The molecule has 0 radical (unpaired) electrons. The van der Waals surface area contributed by atoms with Gasteiger partial charge in [0.1, 0.15) is 11.6 Å². The topological polar surface area (TPSA) is 55.1 Å². The number of amides is 1. The maximum Gasteiger partial charge on any atom is 0.218 e. The van der Waals surface area contributed by atoms with Crippen molar-refractivity contribution in [1.82, 2.24) is 5.32 Å². The lowest BCUT2D eigenvalue weighted by atomic mass is 10.1. The third-order valence-corrected chi connectivity index (χ3v) is 2.25. The molecule has 0 aliphatic carbocycles. The summed E-state index contributed by atoms with van der Waals surface area (Å²) in [5.41, 5.74) is 5.20. The minimum atomic E-state index is -0.486. The van der Waals surface area contributed by atoms with E-state index in [1.54, 1.807) is 6.92 Å². The number of carbonyl (C=O) groups is 1. The van der Waals surface area contributed by atoms with Gasteiger partial charge in [-0.05, 0) is 25.1 Å². The molecule has 1 rings (SSSR count). The SMILES string of the molecule is CC(NCCC(N)=O)c1cc(F)ccc1F. The molecule has 3 N–H and O–H groups in total. The summed E-state index contributed by atoms with van der Waals surface area (Å²) in [5.74, 6) is -1.39. The number of halogens is 2. The van der Waals surface area contributed by atoms with E-state index < -0.39 is 17.5 Å². The summed E-state index contributed by atoms with van der Waals surface area (Å²) in [6.45, 7) is 2.03. The van der Waals surface area contributed by atoms with E-state index in [2.05, 4.69) is 5.32 Å². The second-order valence-electron chi connectivity index (χ2n) is 3.56. The molecule has 16 heavy (non-hydrogen) atoms. The van der Waals surface area contributed by atoms with Crippen molar-refractivity contribution in [2.45, 2.75) is 19.4 Å². The van der Waals surface area contributed by atoms with E-state index in [0.717, 1.165) is 18.2 Å². The standard InChI is InChI=1S/C11H14F2N2O/c1-7(15-5-4-11(14)16)9-6-8(12)2-3-10(9)13/h2-3,6-7,15H,4-5H2,1H3,(H2,14,16). The van der Waals surface area contributed by atoms with E-state index in [-0.39, 0.29) is 18.0 Å². The van der Waals surface area contributed by atoms with Crippen LogP contribution in [-0.4, -0.2) is 12.5 Å². The van der Waals surface area contributed by atoms with Gasteiger partial charge in [-0.3, -0.25) is 4.79 Å². The molecule has 1 aromatic rings. The van der Waals surface area contributed by atoms with Crippen LogP contribution in [0.5, 0.6) is 0 Å². The molecule has 0 saturated carbocycles. The Bertz CT molecular complexity index is 382. The number of carbonyl (C=O) groups excluding carboxylic acids is 1. The van der Waals surface area contributed by atoms with Gasteiger partial charge in [-0.2, -0.15) is 0 Å². The molecule has 1 unspecified atom stereocenters. The highest BCUT2D eigenvalue weighted by Crippen LogP contribution is 2.17. The van der Waals surface area contributed by atoms with Gasteiger partial charge in [-0.1, -0.05) is 0 Å². The molecule has 1 amide bonds. The number of hydrogen-bond acceptors (Lipinski definition) is 2. The van der Waals surface area contributed by atoms with Crippen LogP contribution in [0, 0.1) is 11.6 Å². The monoisotopic (exact) mass is 228 g/mol. The Morgan fingerprint density at radius 2 is 2.19 bits per heavy atom. The van der Waals surface area contributed by atoms with Crippen molar-refractivity contribution < 1.29 is 13.6 Å². The fourth-order valence-corrected chi connectivity index (χ4v) is 1.37. The molecule has 0 saturated heterocycles. The lowest BCUT2D eigenvalue weighted by molar-refractivity contribution is -0.117. The van der Waals surface area contributed by atoms with Gasteiger partial charge in [-0.15, -0.1) is 0 Å². The van der Waals surface area contributed by atoms with Gasteiger partial charge in [0, 0.05) is 24.6 Å². The summed E-state index contributed by atoms with van der Waals surface area (Å²) >= 11 is 0. The van der Waals surface area contributed by atoms with Gasteiger partial charge in [0.05, 0.1) is 0 Å². The molecule has 1 aromatic carbocycles. The van der Waals surface area contributed by atoms with Crippen molar-refractivity contribution in [3.8, 4) is 0 Å². The van der Waals surface area contributed by atoms with Crippen LogP contribution in [0.4, 0.5) is 8.78 Å². The van der Waals surface area contributed by atoms with Crippen LogP contribution in [0.25, 0.3) is 0 Å². The zero-order valence-corrected chi connectivity index (χ0v) is 8.97. The molecule has 88 valence electrons. The van der Waals surface area contributed by atoms with Gasteiger partial charge >= 0.3 is 0 Å². The summed E-state index contributed by atoms with van der Waals surface area (Å²) in [6.07, 6.45) is 0.168. The second-order valence-corrected chi connectivity index (χ2v) is 3.56. The second kappa shape index (κ2) is 5.55.